The van der Waals surface area contributed by atoms with E-state index in [1.165, 1.54) is 0 Å². The number of hydrogen-bond donors (Lipinski definition) is 2. The second kappa shape index (κ2) is 6.17. The van der Waals surface area contributed by atoms with E-state index >= 15 is 0 Å². The van der Waals surface area contributed by atoms with Gasteiger partial charge in [0.25, 0.3) is 0 Å². The topological polar surface area (TPSA) is 69.1 Å². The molecule has 3 nitrogen and oxygen atoms in total. The molecule has 104 valence electrons. The smallest absolute Gasteiger partial charge is 0.197 e. The van der Waals surface area contributed by atoms with Gasteiger partial charge in [0.05, 0.1) is 11.1 Å². The Bertz CT molecular complexity index is 610. The summed E-state index contributed by atoms with van der Waals surface area (Å²) in [7, 11) is 0. The van der Waals surface area contributed by atoms with Crippen LogP contribution in [0.1, 0.15) is 15.9 Å². The van der Waals surface area contributed by atoms with Crippen LogP contribution in [0.3, 0.4) is 0 Å². The first-order chi connectivity index (χ1) is 9.31. The molecule has 20 heavy (non-hydrogen) atoms. The quantitative estimate of drug-likeness (QED) is 0.420. The fourth-order valence-corrected chi connectivity index (χ4v) is 4.91. The van der Waals surface area contributed by atoms with Crippen molar-refractivity contribution in [3.8, 4) is 0 Å². The highest BCUT2D eigenvalue weighted by Gasteiger charge is 2.21. The van der Waals surface area contributed by atoms with Gasteiger partial charge in [0.2, 0.25) is 0 Å². The molecule has 0 aromatic heterocycles. The van der Waals surface area contributed by atoms with Gasteiger partial charge in [-0.1, -0.05) is 0 Å². The maximum atomic E-state index is 12.8. The molecule has 0 radical (unpaired) electrons. The summed E-state index contributed by atoms with van der Waals surface area (Å²) in [4.78, 5) is 12.8. The first-order valence-corrected chi connectivity index (χ1v) is 8.52. The normalized spacial score (nSPS) is 10.6. The van der Waals surface area contributed by atoms with Gasteiger partial charge in [-0.2, -0.15) is 0 Å². The summed E-state index contributed by atoms with van der Waals surface area (Å²) in [6.07, 6.45) is 0. The molecular weight excluding hydrogens is 520 g/mol. The number of hydrogen-bond acceptors (Lipinski definition) is 3. The second-order valence-corrected chi connectivity index (χ2v) is 7.47. The highest BCUT2D eigenvalue weighted by Crippen LogP contribution is 2.35. The van der Waals surface area contributed by atoms with Crippen LogP contribution in [0.15, 0.2) is 42.2 Å². The van der Waals surface area contributed by atoms with Gasteiger partial charge in [0, 0.05) is 29.3 Å². The summed E-state index contributed by atoms with van der Waals surface area (Å²) in [5.41, 5.74) is 13.6. The minimum absolute atomic E-state index is 0.150. The molecule has 0 unspecified atom stereocenters. The number of rotatable bonds is 2. The van der Waals surface area contributed by atoms with Crippen LogP contribution in [0.4, 0.5) is 11.4 Å². The predicted octanol–water partition coefficient (Wildman–Crippen LogP) is 5.13. The Morgan fingerprint density at radius 1 is 0.700 bits per heavy atom. The van der Waals surface area contributed by atoms with Crippen molar-refractivity contribution < 1.29 is 4.79 Å². The minimum atomic E-state index is -0.150. The standard InChI is InChI=1S/C13H8Br4N2O/c14-7-1-5(18)2-8(15)11(7)13(20)12-9(16)3-6(19)4-10(12)17/h1-4H,18-19H2. The zero-order chi connectivity index (χ0) is 15.0. The Kier molecular flexibility index (Phi) is 4.94. The maximum absolute atomic E-state index is 12.8. The molecule has 0 atom stereocenters. The lowest BCUT2D eigenvalue weighted by Gasteiger charge is -2.11. The zero-order valence-corrected chi connectivity index (χ0v) is 16.2. The van der Waals surface area contributed by atoms with Gasteiger partial charge in [0.15, 0.2) is 5.78 Å². The second-order valence-electron chi connectivity index (χ2n) is 4.05. The maximum Gasteiger partial charge on any atom is 0.197 e. The van der Waals surface area contributed by atoms with Gasteiger partial charge in [-0.05, 0) is 88.0 Å². The van der Waals surface area contributed by atoms with Crippen molar-refractivity contribution in [2.45, 2.75) is 0 Å². The van der Waals surface area contributed by atoms with E-state index in [9.17, 15) is 4.79 Å². The van der Waals surface area contributed by atoms with Crippen molar-refractivity contribution in [3.63, 3.8) is 0 Å². The van der Waals surface area contributed by atoms with Crippen LogP contribution in [0.25, 0.3) is 0 Å². The minimum Gasteiger partial charge on any atom is -0.399 e. The van der Waals surface area contributed by atoms with Crippen molar-refractivity contribution in [1.29, 1.82) is 0 Å². The number of ketones is 1. The van der Waals surface area contributed by atoms with E-state index in [0.717, 1.165) is 0 Å². The molecular formula is C13H8Br4N2O. The molecule has 0 spiro atoms. The zero-order valence-electron chi connectivity index (χ0n) is 9.88. The number of benzene rings is 2. The van der Waals surface area contributed by atoms with Crippen LogP contribution in [-0.2, 0) is 0 Å². The average Bonchev–Trinajstić information content (AvgIpc) is 2.25. The number of carbonyl (C=O) groups is 1. The Morgan fingerprint density at radius 3 is 1.20 bits per heavy atom. The van der Waals surface area contributed by atoms with Gasteiger partial charge in [-0.3, -0.25) is 4.79 Å². The third-order valence-corrected chi connectivity index (χ3v) is 5.08. The lowest BCUT2D eigenvalue weighted by molar-refractivity contribution is 0.103. The fraction of sp³-hybridized carbons (Fsp3) is 0. The molecule has 0 saturated carbocycles. The van der Waals surface area contributed by atoms with Crippen LogP contribution >= 0.6 is 63.7 Å². The molecule has 0 saturated heterocycles. The van der Waals surface area contributed by atoms with Gasteiger partial charge in [-0.25, -0.2) is 0 Å². The Labute approximate surface area is 149 Å². The highest BCUT2D eigenvalue weighted by molar-refractivity contribution is 9.11. The Morgan fingerprint density at radius 2 is 0.950 bits per heavy atom. The number of nitrogen functional groups attached to an aromatic ring is 2. The summed E-state index contributed by atoms with van der Waals surface area (Å²) in [6.45, 7) is 0. The molecule has 0 heterocycles. The van der Waals surface area contributed by atoms with E-state index in [-0.39, 0.29) is 5.78 Å². The summed E-state index contributed by atoms with van der Waals surface area (Å²) >= 11 is 13.5. The van der Waals surface area contributed by atoms with Crippen molar-refractivity contribution in [3.05, 3.63) is 53.3 Å². The van der Waals surface area contributed by atoms with E-state index in [1.807, 2.05) is 0 Å². The van der Waals surface area contributed by atoms with E-state index in [2.05, 4.69) is 63.7 Å². The predicted molar refractivity (Wildman–Crippen MR) is 95.9 cm³/mol. The van der Waals surface area contributed by atoms with E-state index < -0.39 is 0 Å². The van der Waals surface area contributed by atoms with Crippen LogP contribution in [-0.4, -0.2) is 5.78 Å². The summed E-state index contributed by atoms with van der Waals surface area (Å²) in [6, 6.07) is 6.77. The number of anilines is 2. The third-order valence-electron chi connectivity index (χ3n) is 2.58. The van der Waals surface area contributed by atoms with E-state index in [4.69, 9.17) is 11.5 Å². The third kappa shape index (κ3) is 3.10. The lowest BCUT2D eigenvalue weighted by atomic mass is 10.0. The summed E-state index contributed by atoms with van der Waals surface area (Å²) < 4.78 is 2.52. The summed E-state index contributed by atoms with van der Waals surface area (Å²) in [5, 5.41) is 0. The first-order valence-electron chi connectivity index (χ1n) is 5.35. The molecule has 0 aliphatic rings. The number of halogens is 4. The highest BCUT2D eigenvalue weighted by atomic mass is 79.9. The van der Waals surface area contributed by atoms with Crippen LogP contribution in [0.5, 0.6) is 0 Å². The SMILES string of the molecule is Nc1cc(Br)c(C(=O)c2c(Br)cc(N)cc2Br)c(Br)c1. The summed E-state index contributed by atoms with van der Waals surface area (Å²) in [5.74, 6) is -0.150. The van der Waals surface area contributed by atoms with E-state index in [0.29, 0.717) is 40.4 Å². The molecule has 0 amide bonds. The van der Waals surface area contributed by atoms with Crippen LogP contribution < -0.4 is 11.5 Å². The largest absolute Gasteiger partial charge is 0.399 e. The first kappa shape index (κ1) is 16.0. The van der Waals surface area contributed by atoms with Crippen molar-refractivity contribution in [1.82, 2.24) is 0 Å². The van der Waals surface area contributed by atoms with Crippen LogP contribution in [0, 0.1) is 0 Å². The van der Waals surface area contributed by atoms with Gasteiger partial charge < -0.3 is 11.5 Å². The number of nitrogens with two attached hydrogens (primary N) is 2. The lowest BCUT2D eigenvalue weighted by Crippen LogP contribution is -2.07. The van der Waals surface area contributed by atoms with Gasteiger partial charge >= 0.3 is 0 Å². The van der Waals surface area contributed by atoms with Gasteiger partial charge in [0.1, 0.15) is 0 Å². The molecule has 7 heteroatoms. The number of carbonyl (C=O) groups excluding carboxylic acids is 1. The van der Waals surface area contributed by atoms with Crippen molar-refractivity contribution in [2.75, 3.05) is 11.5 Å². The monoisotopic (exact) mass is 524 g/mol. The molecule has 2 aromatic rings. The van der Waals surface area contributed by atoms with Crippen LogP contribution in [0.2, 0.25) is 0 Å². The molecule has 0 fully saturated rings. The molecule has 0 aliphatic carbocycles. The van der Waals surface area contributed by atoms with Gasteiger partial charge in [-0.15, -0.1) is 0 Å². The van der Waals surface area contributed by atoms with Crippen molar-refractivity contribution in [2.24, 2.45) is 0 Å². The Balaban J connectivity index is 2.64. The molecule has 4 N–H and O–H groups in total. The molecule has 0 bridgehead atoms. The average molecular weight is 528 g/mol. The fourth-order valence-electron chi connectivity index (χ4n) is 1.74. The molecule has 2 aromatic carbocycles. The molecule has 2 rings (SSSR count). The van der Waals surface area contributed by atoms with Crippen molar-refractivity contribution >= 4 is 80.9 Å². The van der Waals surface area contributed by atoms with E-state index in [1.54, 1.807) is 24.3 Å². The Hall–Kier alpha value is -0.370. The molecule has 0 aliphatic heterocycles.